The first-order valence-corrected chi connectivity index (χ1v) is 2.47. The van der Waals surface area contributed by atoms with Gasteiger partial charge >= 0.3 is 0 Å². The molecule has 1 N–H and O–H groups in total. The monoisotopic (exact) mass is 96.1 g/mol. The predicted octanol–water partition coefficient (Wildman–Crippen LogP) is 0.852. The van der Waals surface area contributed by atoms with Crippen molar-refractivity contribution < 1.29 is 5.11 Å². The molecule has 0 bridgehead atoms. The van der Waals surface area contributed by atoms with Crippen molar-refractivity contribution in [2.24, 2.45) is 0 Å². The summed E-state index contributed by atoms with van der Waals surface area (Å²) in [6.45, 7) is 0. The van der Waals surface area contributed by atoms with Gasteiger partial charge in [0.05, 0.1) is 6.10 Å². The van der Waals surface area contributed by atoms with Gasteiger partial charge in [-0.05, 0) is 25.0 Å². The van der Waals surface area contributed by atoms with E-state index in [-0.39, 0.29) is 6.10 Å². The third-order valence-electron chi connectivity index (χ3n) is 1.02. The Morgan fingerprint density at radius 2 is 2.00 bits per heavy atom. The van der Waals surface area contributed by atoms with E-state index < -0.39 is 0 Å². The van der Waals surface area contributed by atoms with Gasteiger partial charge in [-0.3, -0.25) is 0 Å². The van der Waals surface area contributed by atoms with Crippen LogP contribution in [0.2, 0.25) is 0 Å². The highest BCUT2D eigenvalue weighted by atomic mass is 16.3. The minimum atomic E-state index is -0.138. The van der Waals surface area contributed by atoms with Crippen LogP contribution in [0, 0.1) is 0 Å². The average Bonchev–Trinajstić information content (AvgIpc) is 1.69. The van der Waals surface area contributed by atoms with Gasteiger partial charge in [0.1, 0.15) is 0 Å². The van der Waals surface area contributed by atoms with Crippen LogP contribution in [0.3, 0.4) is 0 Å². The van der Waals surface area contributed by atoms with E-state index in [1.807, 2.05) is 12.2 Å². The maximum Gasteiger partial charge on any atom is 0.0621 e. The summed E-state index contributed by atoms with van der Waals surface area (Å²) in [6, 6.07) is 0. The Labute approximate surface area is 43.0 Å². The van der Waals surface area contributed by atoms with E-state index in [0.29, 0.717) is 0 Å². The highest BCUT2D eigenvalue weighted by molar-refractivity contribution is 4.93. The van der Waals surface area contributed by atoms with E-state index in [9.17, 15) is 0 Å². The van der Waals surface area contributed by atoms with Crippen LogP contribution in [0.25, 0.3) is 0 Å². The summed E-state index contributed by atoms with van der Waals surface area (Å²) in [5, 5.41) is 8.81. The molecular formula is C6H8O. The Morgan fingerprint density at radius 3 is 2.29 bits per heavy atom. The second kappa shape index (κ2) is 1.97. The molecule has 1 aliphatic rings. The van der Waals surface area contributed by atoms with Crippen molar-refractivity contribution in [2.45, 2.75) is 18.9 Å². The number of aliphatic hydroxyl groups is 1. The lowest BCUT2D eigenvalue weighted by Crippen LogP contribution is -2.03. The van der Waals surface area contributed by atoms with Crippen LogP contribution >= 0.6 is 0 Å². The summed E-state index contributed by atoms with van der Waals surface area (Å²) >= 11 is 0. The smallest absolute Gasteiger partial charge is 0.0621 e. The zero-order valence-electron chi connectivity index (χ0n) is 4.09. The van der Waals surface area contributed by atoms with Gasteiger partial charge in [0.15, 0.2) is 0 Å². The fourth-order valence-corrected chi connectivity index (χ4v) is 0.588. The molecule has 38 valence electrons. The molecule has 0 saturated heterocycles. The molecule has 0 aromatic heterocycles. The van der Waals surface area contributed by atoms with Crippen LogP contribution in [-0.2, 0) is 0 Å². The second-order valence-electron chi connectivity index (χ2n) is 1.70. The van der Waals surface area contributed by atoms with E-state index in [1.54, 1.807) is 0 Å². The van der Waals surface area contributed by atoms with Crippen molar-refractivity contribution in [2.75, 3.05) is 0 Å². The maximum absolute atomic E-state index is 8.81. The zero-order chi connectivity index (χ0) is 5.11. The molecule has 1 aliphatic carbocycles. The second-order valence-corrected chi connectivity index (χ2v) is 1.70. The highest BCUT2D eigenvalue weighted by Crippen LogP contribution is 2.02. The largest absolute Gasteiger partial charge is 0.392 e. The molecule has 1 nitrogen and oxygen atoms in total. The van der Waals surface area contributed by atoms with E-state index in [0.717, 1.165) is 12.8 Å². The van der Waals surface area contributed by atoms with Crippen LogP contribution in [0.4, 0.5) is 0 Å². The van der Waals surface area contributed by atoms with Gasteiger partial charge in [-0.2, -0.15) is 0 Å². The first kappa shape index (κ1) is 4.63. The molecule has 1 rings (SSSR count). The molecule has 0 radical (unpaired) electrons. The minimum absolute atomic E-state index is 0.138. The molecule has 0 fully saturated rings. The lowest BCUT2D eigenvalue weighted by atomic mass is 10.1. The molecule has 0 heterocycles. The summed E-state index contributed by atoms with van der Waals surface area (Å²) in [7, 11) is 0. The number of hydrogen-bond acceptors (Lipinski definition) is 1. The fourth-order valence-electron chi connectivity index (χ4n) is 0.588. The first-order chi connectivity index (χ1) is 3.39. The Morgan fingerprint density at radius 1 is 1.43 bits per heavy atom. The first-order valence-electron chi connectivity index (χ1n) is 2.47. The normalized spacial score (nSPS) is 20.7. The van der Waals surface area contributed by atoms with Gasteiger partial charge in [0, 0.05) is 0 Å². The standard InChI is InChI=1S/C6H8O/c7-6-4-2-1-3-5-6/h2-3,6-7H,4-5H2. The maximum atomic E-state index is 8.81. The number of aliphatic hydroxyl groups excluding tert-OH is 1. The van der Waals surface area contributed by atoms with Crippen LogP contribution in [0.15, 0.2) is 17.9 Å². The van der Waals surface area contributed by atoms with Crippen molar-refractivity contribution in [3.63, 3.8) is 0 Å². The molecule has 0 aliphatic heterocycles. The lowest BCUT2D eigenvalue weighted by Gasteiger charge is -2.03. The van der Waals surface area contributed by atoms with E-state index in [2.05, 4.69) is 5.73 Å². The van der Waals surface area contributed by atoms with Crippen molar-refractivity contribution in [1.82, 2.24) is 0 Å². The summed E-state index contributed by atoms with van der Waals surface area (Å²) in [5.74, 6) is 0. The van der Waals surface area contributed by atoms with Crippen molar-refractivity contribution in [3.8, 4) is 0 Å². The minimum Gasteiger partial charge on any atom is -0.392 e. The number of hydrogen-bond donors (Lipinski definition) is 1. The van der Waals surface area contributed by atoms with Gasteiger partial charge in [-0.1, -0.05) is 0 Å². The van der Waals surface area contributed by atoms with E-state index >= 15 is 0 Å². The van der Waals surface area contributed by atoms with Gasteiger partial charge < -0.3 is 5.11 Å². The average molecular weight is 96.1 g/mol. The van der Waals surface area contributed by atoms with Crippen molar-refractivity contribution in [1.29, 1.82) is 0 Å². The van der Waals surface area contributed by atoms with Crippen molar-refractivity contribution in [3.05, 3.63) is 17.9 Å². The Balaban J connectivity index is 2.49. The third-order valence-corrected chi connectivity index (χ3v) is 1.02. The SMILES string of the molecule is OC1CC=C=CC1. The van der Waals surface area contributed by atoms with Crippen LogP contribution in [0.1, 0.15) is 12.8 Å². The summed E-state index contributed by atoms with van der Waals surface area (Å²) in [4.78, 5) is 0. The summed E-state index contributed by atoms with van der Waals surface area (Å²) < 4.78 is 0. The molecule has 0 aromatic rings. The molecule has 0 unspecified atom stereocenters. The van der Waals surface area contributed by atoms with Crippen LogP contribution in [0.5, 0.6) is 0 Å². The Bertz CT molecular complexity index is 99.3. The van der Waals surface area contributed by atoms with Gasteiger partial charge in [-0.25, -0.2) is 0 Å². The van der Waals surface area contributed by atoms with Gasteiger partial charge in [0.2, 0.25) is 0 Å². The molecule has 0 amide bonds. The van der Waals surface area contributed by atoms with E-state index in [1.165, 1.54) is 0 Å². The predicted molar refractivity (Wildman–Crippen MR) is 27.9 cm³/mol. The highest BCUT2D eigenvalue weighted by Gasteiger charge is 1.98. The van der Waals surface area contributed by atoms with Crippen LogP contribution < -0.4 is 0 Å². The number of rotatable bonds is 0. The van der Waals surface area contributed by atoms with Gasteiger partial charge in [-0.15, -0.1) is 5.73 Å². The van der Waals surface area contributed by atoms with Crippen molar-refractivity contribution >= 4 is 0 Å². The molecule has 0 spiro atoms. The van der Waals surface area contributed by atoms with Gasteiger partial charge in [0.25, 0.3) is 0 Å². The molecule has 7 heavy (non-hydrogen) atoms. The fraction of sp³-hybridized carbons (Fsp3) is 0.500. The van der Waals surface area contributed by atoms with E-state index in [4.69, 9.17) is 5.11 Å². The quantitative estimate of drug-likeness (QED) is 0.443. The third kappa shape index (κ3) is 1.19. The molecule has 0 atom stereocenters. The molecule has 0 aromatic carbocycles. The summed E-state index contributed by atoms with van der Waals surface area (Å²) in [6.07, 6.45) is 5.12. The summed E-state index contributed by atoms with van der Waals surface area (Å²) in [5.41, 5.74) is 2.91. The Hall–Kier alpha value is -0.520. The van der Waals surface area contributed by atoms with Crippen LogP contribution in [-0.4, -0.2) is 11.2 Å². The molecular weight excluding hydrogens is 88.1 g/mol. The zero-order valence-corrected chi connectivity index (χ0v) is 4.09. The topological polar surface area (TPSA) is 20.2 Å². The molecule has 1 heteroatoms. The Kier molecular flexibility index (Phi) is 1.30. The lowest BCUT2D eigenvalue weighted by molar-refractivity contribution is 0.179. The molecule has 0 saturated carbocycles.